The van der Waals surface area contributed by atoms with Crippen LogP contribution in [0.25, 0.3) is 0 Å². The molecule has 1 rings (SSSR count). The third-order valence-electron chi connectivity index (χ3n) is 1.29. The summed E-state index contributed by atoms with van der Waals surface area (Å²) in [5.41, 5.74) is 0. The Bertz CT molecular complexity index is 157. The molecule has 1 atom stereocenters. The number of aliphatic carboxylic acids is 1. The van der Waals surface area contributed by atoms with E-state index in [1.54, 1.807) is 0 Å². The first kappa shape index (κ1) is 8.90. The first-order chi connectivity index (χ1) is 4.20. The summed E-state index contributed by atoms with van der Waals surface area (Å²) in [4.78, 5) is 20.5. The van der Waals surface area contributed by atoms with E-state index in [0.29, 0.717) is 12.8 Å². The van der Waals surface area contributed by atoms with Crippen LogP contribution in [0.4, 0.5) is 0 Å². The normalized spacial score (nSPS) is 23.2. The van der Waals surface area contributed by atoms with Crippen molar-refractivity contribution >= 4 is 11.9 Å². The Hall–Kier alpha value is -1.10. The molecule has 5 nitrogen and oxygen atoms in total. The van der Waals surface area contributed by atoms with Gasteiger partial charge in [-0.25, -0.2) is 4.79 Å². The number of hydrogen-bond acceptors (Lipinski definition) is 3. The lowest BCUT2D eigenvalue weighted by atomic mass is 10.2. The van der Waals surface area contributed by atoms with Crippen LogP contribution >= 0.6 is 0 Å². The van der Waals surface area contributed by atoms with Gasteiger partial charge in [0.15, 0.2) is 0 Å². The van der Waals surface area contributed by atoms with Crippen LogP contribution in [-0.2, 0) is 9.59 Å². The fraction of sp³-hybridized carbons (Fsp3) is 0.600. The van der Waals surface area contributed by atoms with Crippen molar-refractivity contribution in [1.29, 1.82) is 0 Å². The van der Waals surface area contributed by atoms with Crippen LogP contribution < -0.4 is 11.5 Å². The minimum atomic E-state index is -0.944. The zero-order chi connectivity index (χ0) is 6.85. The van der Waals surface area contributed by atoms with Crippen molar-refractivity contribution in [2.45, 2.75) is 18.9 Å². The first-order valence-electron chi connectivity index (χ1n) is 2.72. The van der Waals surface area contributed by atoms with Gasteiger partial charge in [-0.3, -0.25) is 4.79 Å². The van der Waals surface area contributed by atoms with Crippen LogP contribution in [0.2, 0.25) is 0 Å². The smallest absolute Gasteiger partial charge is 0.326 e. The zero-order valence-corrected chi connectivity index (χ0v) is 5.46. The summed E-state index contributed by atoms with van der Waals surface area (Å²) in [5, 5.41) is 10.6. The van der Waals surface area contributed by atoms with E-state index >= 15 is 0 Å². The fourth-order valence-electron chi connectivity index (χ4n) is 0.799. The van der Waals surface area contributed by atoms with Gasteiger partial charge in [0.25, 0.3) is 0 Å². The standard InChI is InChI=1S/C5H7NO3.H3N/c7-4-2-1-3(6-4)5(8)9;/h3H,1-2H2,(H,6,7)(H,8,9);1H3. The lowest BCUT2D eigenvalue weighted by Crippen LogP contribution is -2.32. The number of carboxylic acids is 1. The Morgan fingerprint density at radius 3 is 2.50 bits per heavy atom. The molecule has 0 saturated carbocycles. The van der Waals surface area contributed by atoms with Gasteiger partial charge >= 0.3 is 5.97 Å². The number of amides is 1. The highest BCUT2D eigenvalue weighted by atomic mass is 16.4. The molecule has 1 unspecified atom stereocenters. The highest BCUT2D eigenvalue weighted by molar-refractivity contribution is 5.87. The van der Waals surface area contributed by atoms with Crippen molar-refractivity contribution in [1.82, 2.24) is 11.5 Å². The van der Waals surface area contributed by atoms with E-state index in [9.17, 15) is 9.59 Å². The van der Waals surface area contributed by atoms with Crippen LogP contribution in [-0.4, -0.2) is 23.0 Å². The molecular formula is C5H10N2O3. The topological polar surface area (TPSA) is 101 Å². The number of nitrogens with one attached hydrogen (secondary N) is 1. The van der Waals surface area contributed by atoms with Crippen LogP contribution in [0.15, 0.2) is 0 Å². The largest absolute Gasteiger partial charge is 0.480 e. The lowest BCUT2D eigenvalue weighted by Gasteiger charge is -1.99. The molecule has 0 aromatic heterocycles. The number of hydrogen-bond donors (Lipinski definition) is 3. The van der Waals surface area contributed by atoms with Crippen molar-refractivity contribution < 1.29 is 14.7 Å². The Labute approximate surface area is 58.0 Å². The molecule has 0 radical (unpaired) electrons. The maximum Gasteiger partial charge on any atom is 0.326 e. The Morgan fingerprint density at radius 1 is 1.70 bits per heavy atom. The third kappa shape index (κ3) is 1.70. The quantitative estimate of drug-likeness (QED) is 0.464. The van der Waals surface area contributed by atoms with Gasteiger partial charge in [-0.05, 0) is 6.42 Å². The number of carboxylic acid groups (broad SMARTS) is 1. The Balaban J connectivity index is 0.000000810. The van der Waals surface area contributed by atoms with E-state index in [1.165, 1.54) is 0 Å². The van der Waals surface area contributed by atoms with Crippen molar-refractivity contribution in [3.63, 3.8) is 0 Å². The summed E-state index contributed by atoms with van der Waals surface area (Å²) in [6.45, 7) is 0. The molecule has 1 saturated heterocycles. The van der Waals surface area contributed by atoms with E-state index in [-0.39, 0.29) is 12.1 Å². The summed E-state index contributed by atoms with van der Waals surface area (Å²) in [6, 6.07) is -0.641. The van der Waals surface area contributed by atoms with Gasteiger partial charge in [0, 0.05) is 6.42 Å². The van der Waals surface area contributed by atoms with E-state index < -0.39 is 12.0 Å². The van der Waals surface area contributed by atoms with Gasteiger partial charge in [0.2, 0.25) is 5.91 Å². The van der Waals surface area contributed by atoms with Crippen molar-refractivity contribution in [2.75, 3.05) is 0 Å². The fourth-order valence-corrected chi connectivity index (χ4v) is 0.799. The summed E-state index contributed by atoms with van der Waals surface area (Å²) in [6.07, 6.45) is 0.769. The van der Waals surface area contributed by atoms with Crippen LogP contribution in [0.3, 0.4) is 0 Å². The van der Waals surface area contributed by atoms with Gasteiger partial charge in [0.1, 0.15) is 6.04 Å². The minimum Gasteiger partial charge on any atom is -0.480 e. The maximum absolute atomic E-state index is 10.4. The van der Waals surface area contributed by atoms with E-state index in [4.69, 9.17) is 5.11 Å². The van der Waals surface area contributed by atoms with Gasteiger partial charge in [-0.2, -0.15) is 0 Å². The summed E-state index contributed by atoms with van der Waals surface area (Å²) >= 11 is 0. The summed E-state index contributed by atoms with van der Waals surface area (Å²) < 4.78 is 0. The van der Waals surface area contributed by atoms with Gasteiger partial charge < -0.3 is 16.6 Å². The predicted molar refractivity (Wildman–Crippen MR) is 33.8 cm³/mol. The van der Waals surface area contributed by atoms with Crippen LogP contribution in [0.1, 0.15) is 12.8 Å². The van der Waals surface area contributed by atoms with Gasteiger partial charge in [-0.1, -0.05) is 0 Å². The molecule has 58 valence electrons. The van der Waals surface area contributed by atoms with Crippen molar-refractivity contribution in [2.24, 2.45) is 0 Å². The Morgan fingerprint density at radius 2 is 2.30 bits per heavy atom. The monoisotopic (exact) mass is 146 g/mol. The Kier molecular flexibility index (Phi) is 2.82. The summed E-state index contributed by atoms with van der Waals surface area (Å²) in [7, 11) is 0. The second-order valence-electron chi connectivity index (χ2n) is 2.00. The predicted octanol–water partition coefficient (Wildman–Crippen LogP) is -0.488. The first-order valence-corrected chi connectivity index (χ1v) is 2.72. The second-order valence-corrected chi connectivity index (χ2v) is 2.00. The molecular weight excluding hydrogens is 136 g/mol. The van der Waals surface area contributed by atoms with Crippen molar-refractivity contribution in [3.05, 3.63) is 0 Å². The van der Waals surface area contributed by atoms with Gasteiger partial charge in [0.05, 0.1) is 0 Å². The third-order valence-corrected chi connectivity index (χ3v) is 1.29. The molecule has 0 aliphatic carbocycles. The molecule has 1 fully saturated rings. The molecule has 1 aliphatic heterocycles. The average Bonchev–Trinajstić information content (AvgIpc) is 2.14. The zero-order valence-electron chi connectivity index (χ0n) is 5.46. The average molecular weight is 146 g/mol. The molecule has 0 spiro atoms. The molecule has 10 heavy (non-hydrogen) atoms. The van der Waals surface area contributed by atoms with E-state index in [2.05, 4.69) is 5.32 Å². The highest BCUT2D eigenvalue weighted by Crippen LogP contribution is 2.05. The molecule has 1 aliphatic rings. The molecule has 0 bridgehead atoms. The molecule has 5 N–H and O–H groups in total. The van der Waals surface area contributed by atoms with Crippen LogP contribution in [0.5, 0.6) is 0 Å². The van der Waals surface area contributed by atoms with E-state index in [1.807, 2.05) is 0 Å². The van der Waals surface area contributed by atoms with E-state index in [0.717, 1.165) is 0 Å². The second kappa shape index (κ2) is 3.17. The maximum atomic E-state index is 10.4. The number of carbonyl (C=O) groups excluding carboxylic acids is 1. The van der Waals surface area contributed by atoms with Crippen molar-refractivity contribution in [3.8, 4) is 0 Å². The molecule has 5 heteroatoms. The van der Waals surface area contributed by atoms with Gasteiger partial charge in [-0.15, -0.1) is 0 Å². The van der Waals surface area contributed by atoms with Crippen LogP contribution in [0, 0.1) is 0 Å². The minimum absolute atomic E-state index is 0. The molecule has 0 aromatic carbocycles. The molecule has 0 aromatic rings. The lowest BCUT2D eigenvalue weighted by molar-refractivity contribution is -0.140. The number of carbonyl (C=O) groups is 2. The molecule has 1 amide bonds. The summed E-state index contributed by atoms with van der Waals surface area (Å²) in [5.74, 6) is -1.11. The highest BCUT2D eigenvalue weighted by Gasteiger charge is 2.26. The number of rotatable bonds is 1. The molecule has 1 heterocycles. The SMILES string of the molecule is N.O=C1CCC(C(=O)O)N1.